The number of alkyl halides is 3. The number of nitriles is 1. The topological polar surface area (TPSA) is 128 Å². The largest absolute Gasteiger partial charge is 0.407 e. The highest BCUT2D eigenvalue weighted by Gasteiger charge is 2.40. The number of benzene rings is 1. The molecule has 1 aromatic heterocycles. The molecule has 0 spiro atoms. The van der Waals surface area contributed by atoms with E-state index in [1.807, 2.05) is 0 Å². The number of rotatable bonds is 7. The average Bonchev–Trinajstić information content (AvgIpc) is 2.78. The molecule has 0 aliphatic carbocycles. The van der Waals surface area contributed by atoms with E-state index >= 15 is 0 Å². The zero-order valence-corrected chi connectivity index (χ0v) is 17.9. The predicted molar refractivity (Wildman–Crippen MR) is 118 cm³/mol. The molecule has 5 N–H and O–H groups in total. The summed E-state index contributed by atoms with van der Waals surface area (Å²) in [6.07, 6.45) is -2.43. The van der Waals surface area contributed by atoms with E-state index in [-0.39, 0.29) is 35.5 Å². The smallest absolute Gasteiger partial charge is 0.383 e. The summed E-state index contributed by atoms with van der Waals surface area (Å²) in [5.74, 6) is -0.411. The number of anilines is 1. The number of halogens is 3. The summed E-state index contributed by atoms with van der Waals surface area (Å²) in [4.78, 5) is 19.3. The van der Waals surface area contributed by atoms with Crippen LogP contribution in [0.3, 0.4) is 0 Å². The number of hydrogen-bond donors (Lipinski definition) is 4. The predicted octanol–water partition coefficient (Wildman–Crippen LogP) is 2.97. The molecule has 1 aliphatic rings. The van der Waals surface area contributed by atoms with Gasteiger partial charge in [0.25, 0.3) is 5.56 Å². The quantitative estimate of drug-likeness (QED) is 0.370. The number of aromatic amines is 1. The zero-order chi connectivity index (χ0) is 24.0. The second-order valence-electron chi connectivity index (χ2n) is 7.57. The Morgan fingerprint density at radius 2 is 2.09 bits per heavy atom. The molecule has 3 atom stereocenters. The van der Waals surface area contributed by atoms with Crippen LogP contribution in [0.15, 0.2) is 46.3 Å². The lowest BCUT2D eigenvalue weighted by molar-refractivity contribution is -0.157. The normalized spacial score (nSPS) is 20.2. The monoisotopic (exact) mass is 462 g/mol. The fraction of sp³-hybridized carbons (Fsp3) is 0.409. The summed E-state index contributed by atoms with van der Waals surface area (Å²) in [5.41, 5.74) is 6.42. The van der Waals surface area contributed by atoms with Crippen molar-refractivity contribution in [1.82, 2.24) is 10.3 Å². The van der Waals surface area contributed by atoms with E-state index in [0.717, 1.165) is 0 Å². The molecule has 2 unspecified atom stereocenters. The van der Waals surface area contributed by atoms with Gasteiger partial charge in [-0.2, -0.15) is 18.4 Å². The second kappa shape index (κ2) is 10.5. The third-order valence-corrected chi connectivity index (χ3v) is 5.29. The molecule has 2 aromatic rings. The summed E-state index contributed by atoms with van der Waals surface area (Å²) >= 11 is 0. The highest BCUT2D eigenvalue weighted by atomic mass is 19.4. The van der Waals surface area contributed by atoms with Crippen molar-refractivity contribution in [2.45, 2.75) is 31.6 Å². The van der Waals surface area contributed by atoms with Gasteiger partial charge in [-0.25, -0.2) is 4.99 Å². The van der Waals surface area contributed by atoms with Crippen LogP contribution in [-0.4, -0.2) is 42.8 Å². The molecule has 0 saturated carbocycles. The first-order valence-electron chi connectivity index (χ1n) is 10.4. The number of aliphatic imine (C=N–C) groups is 1. The maximum absolute atomic E-state index is 13.3. The maximum Gasteiger partial charge on any atom is 0.407 e. The minimum absolute atomic E-state index is 0.0432. The molecule has 2 heterocycles. The van der Waals surface area contributed by atoms with Crippen LogP contribution in [0, 0.1) is 17.2 Å². The van der Waals surface area contributed by atoms with Gasteiger partial charge in [-0.05, 0) is 36.7 Å². The number of ether oxygens (including phenoxy) is 1. The van der Waals surface area contributed by atoms with Gasteiger partial charge in [0.05, 0.1) is 36.0 Å². The molecular weight excluding hydrogens is 437 g/mol. The van der Waals surface area contributed by atoms with Gasteiger partial charge in [0, 0.05) is 12.8 Å². The Balaban J connectivity index is 1.88. The zero-order valence-electron chi connectivity index (χ0n) is 17.9. The fourth-order valence-corrected chi connectivity index (χ4v) is 3.65. The number of aromatic nitrogens is 1. The first-order valence-corrected chi connectivity index (χ1v) is 10.4. The van der Waals surface area contributed by atoms with Gasteiger partial charge in [0.2, 0.25) is 0 Å². The van der Waals surface area contributed by atoms with Gasteiger partial charge in [-0.3, -0.25) is 4.79 Å². The minimum atomic E-state index is -4.44. The van der Waals surface area contributed by atoms with E-state index in [1.165, 1.54) is 30.5 Å². The average molecular weight is 462 g/mol. The van der Waals surface area contributed by atoms with E-state index in [9.17, 15) is 23.2 Å². The number of pyridine rings is 1. The van der Waals surface area contributed by atoms with Crippen LogP contribution in [-0.2, 0) is 4.74 Å². The molecule has 3 rings (SSSR count). The van der Waals surface area contributed by atoms with Gasteiger partial charge in [-0.1, -0.05) is 19.1 Å². The number of H-pyrrole nitrogens is 1. The molecule has 0 amide bonds. The summed E-state index contributed by atoms with van der Waals surface area (Å²) in [7, 11) is 0. The fourth-order valence-electron chi connectivity index (χ4n) is 3.65. The van der Waals surface area contributed by atoms with Crippen LogP contribution < -0.4 is 21.9 Å². The summed E-state index contributed by atoms with van der Waals surface area (Å²) in [5, 5.41) is 14.9. The number of nitrogens with one attached hydrogen (secondary N) is 3. The van der Waals surface area contributed by atoms with Crippen LogP contribution in [0.5, 0.6) is 0 Å². The minimum Gasteiger partial charge on any atom is -0.383 e. The molecule has 176 valence electrons. The van der Waals surface area contributed by atoms with Crippen molar-refractivity contribution in [3.63, 3.8) is 0 Å². The summed E-state index contributed by atoms with van der Waals surface area (Å²) in [6.45, 7) is 2.54. The summed E-state index contributed by atoms with van der Waals surface area (Å²) < 4.78 is 45.3. The van der Waals surface area contributed by atoms with Crippen molar-refractivity contribution < 1.29 is 17.9 Å². The molecule has 33 heavy (non-hydrogen) atoms. The lowest BCUT2D eigenvalue weighted by Gasteiger charge is -2.29. The Labute approximate surface area is 188 Å². The molecule has 8 nitrogen and oxygen atoms in total. The van der Waals surface area contributed by atoms with Crippen molar-refractivity contribution in [2.75, 3.05) is 25.1 Å². The molecule has 0 bridgehead atoms. The van der Waals surface area contributed by atoms with Gasteiger partial charge in [-0.15, -0.1) is 0 Å². The van der Waals surface area contributed by atoms with E-state index in [1.54, 1.807) is 13.0 Å². The van der Waals surface area contributed by atoms with Crippen LogP contribution in [0.1, 0.15) is 30.5 Å². The Morgan fingerprint density at radius 3 is 2.73 bits per heavy atom. The van der Waals surface area contributed by atoms with Crippen LogP contribution in [0.25, 0.3) is 0 Å². The second-order valence-corrected chi connectivity index (χ2v) is 7.57. The Bertz CT molecular complexity index is 1080. The Kier molecular flexibility index (Phi) is 7.73. The van der Waals surface area contributed by atoms with E-state index in [4.69, 9.17) is 10.5 Å². The van der Waals surface area contributed by atoms with Crippen molar-refractivity contribution in [3.05, 3.63) is 58.0 Å². The van der Waals surface area contributed by atoms with E-state index in [2.05, 4.69) is 26.7 Å². The lowest BCUT2D eigenvalue weighted by Crippen LogP contribution is -2.39. The molecular formula is C22H25F3N6O2. The Morgan fingerprint density at radius 1 is 1.36 bits per heavy atom. The highest BCUT2D eigenvalue weighted by Crippen LogP contribution is 2.33. The standard InChI is InChI=1S/C22H25F3N6O2/c1-2-28-19(22(23,24)25)13-3-5-15(6-4-13)30-20(27)18-16(7-9-29-21(18)32)31-17-12-33-10-8-14(17)11-26/h3-7,9,14,17,19,28H,2,8,10,12H2,1H3,(H2,27,30)(H2,29,31,32)/t14?,17-,19?/m0/s1. The van der Waals surface area contributed by atoms with Gasteiger partial charge < -0.3 is 26.1 Å². The number of nitrogens with two attached hydrogens (primary N) is 1. The van der Waals surface area contributed by atoms with Crippen molar-refractivity contribution in [3.8, 4) is 6.07 Å². The van der Waals surface area contributed by atoms with Crippen molar-refractivity contribution >= 4 is 17.2 Å². The first-order chi connectivity index (χ1) is 15.7. The van der Waals surface area contributed by atoms with E-state index < -0.39 is 17.8 Å². The molecule has 1 fully saturated rings. The lowest BCUT2D eigenvalue weighted by atomic mass is 9.96. The molecule has 11 heteroatoms. The highest BCUT2D eigenvalue weighted by molar-refractivity contribution is 6.03. The SMILES string of the molecule is CCNC(c1ccc(N=C(N)c2c(N[C@H]3COCCC3C#N)cc[nH]c2=O)cc1)C(F)(F)F. The number of nitrogens with zero attached hydrogens (tertiary/aromatic N) is 2. The molecule has 1 aromatic carbocycles. The van der Waals surface area contributed by atoms with E-state index in [0.29, 0.717) is 31.0 Å². The van der Waals surface area contributed by atoms with Gasteiger partial charge >= 0.3 is 6.18 Å². The molecule has 1 aliphatic heterocycles. The van der Waals surface area contributed by atoms with Gasteiger partial charge in [0.15, 0.2) is 0 Å². The third-order valence-electron chi connectivity index (χ3n) is 5.29. The van der Waals surface area contributed by atoms with Crippen LogP contribution in [0.4, 0.5) is 24.5 Å². The van der Waals surface area contributed by atoms with Crippen molar-refractivity contribution in [1.29, 1.82) is 5.26 Å². The summed E-state index contributed by atoms with van der Waals surface area (Å²) in [6, 6.07) is 7.16. The molecule has 0 radical (unpaired) electrons. The number of amidine groups is 1. The first kappa shape index (κ1) is 24.3. The third kappa shape index (κ3) is 5.91. The van der Waals surface area contributed by atoms with Crippen LogP contribution >= 0.6 is 0 Å². The van der Waals surface area contributed by atoms with Crippen LogP contribution in [0.2, 0.25) is 0 Å². The van der Waals surface area contributed by atoms with Crippen molar-refractivity contribution in [2.24, 2.45) is 16.6 Å². The van der Waals surface area contributed by atoms with Gasteiger partial charge in [0.1, 0.15) is 17.4 Å². The number of hydrogen-bond acceptors (Lipinski definition) is 6. The molecule has 1 saturated heterocycles. The Hall–Kier alpha value is -3.36. The maximum atomic E-state index is 13.3.